The van der Waals surface area contributed by atoms with Crippen molar-refractivity contribution in [1.29, 1.82) is 0 Å². The van der Waals surface area contributed by atoms with Crippen LogP contribution in [-0.4, -0.2) is 52.3 Å². The summed E-state index contributed by atoms with van der Waals surface area (Å²) in [5.74, 6) is -0.257. The molecular formula is C25H36N2O6. The SMILES string of the molecule is CC(=O)[C@@]1(O)CC[C@H]2[C@@H]3CCC4=C/C(=N\OCC(=O)NCC(=O)O)CC[C@]4(C)[C@H]3CC[C@@]21C. The van der Waals surface area contributed by atoms with Crippen LogP contribution in [0.3, 0.4) is 0 Å². The average molecular weight is 461 g/mol. The fourth-order valence-corrected chi connectivity index (χ4v) is 7.64. The number of ketones is 1. The lowest BCUT2D eigenvalue weighted by molar-refractivity contribution is -0.159. The molecule has 0 aromatic heterocycles. The average Bonchev–Trinajstić information content (AvgIpc) is 3.04. The van der Waals surface area contributed by atoms with E-state index in [9.17, 15) is 19.5 Å². The molecule has 0 heterocycles. The molecule has 182 valence electrons. The molecule has 0 bridgehead atoms. The molecule has 3 saturated carbocycles. The Bertz CT molecular complexity index is 913. The normalized spacial score (nSPS) is 40.8. The number of rotatable bonds is 6. The zero-order valence-electron chi connectivity index (χ0n) is 19.9. The number of hydrogen-bond donors (Lipinski definition) is 3. The minimum Gasteiger partial charge on any atom is -0.480 e. The van der Waals surface area contributed by atoms with Gasteiger partial charge in [-0.3, -0.25) is 14.4 Å². The highest BCUT2D eigenvalue weighted by Gasteiger charge is 2.65. The molecule has 4 rings (SSSR count). The number of nitrogens with zero attached hydrogens (tertiary/aromatic N) is 1. The third-order valence-corrected chi connectivity index (χ3v) is 9.53. The first-order valence-corrected chi connectivity index (χ1v) is 12.1. The maximum absolute atomic E-state index is 12.4. The Hall–Kier alpha value is -2.22. The number of Topliss-reactive ketones (excluding diaryl/α,β-unsaturated/α-hetero) is 1. The molecule has 33 heavy (non-hydrogen) atoms. The molecule has 3 N–H and O–H groups in total. The Kier molecular flexibility index (Phi) is 6.18. The van der Waals surface area contributed by atoms with Crippen LogP contribution in [0.25, 0.3) is 0 Å². The Morgan fingerprint density at radius 3 is 2.55 bits per heavy atom. The summed E-state index contributed by atoms with van der Waals surface area (Å²) in [4.78, 5) is 39.7. The molecule has 6 atom stereocenters. The number of carboxylic acid groups (broad SMARTS) is 1. The molecule has 0 aromatic rings. The summed E-state index contributed by atoms with van der Waals surface area (Å²) < 4.78 is 0. The van der Waals surface area contributed by atoms with Crippen molar-refractivity contribution in [3.8, 4) is 0 Å². The van der Waals surface area contributed by atoms with Crippen molar-refractivity contribution in [1.82, 2.24) is 5.32 Å². The molecule has 0 radical (unpaired) electrons. The molecule has 0 aliphatic heterocycles. The van der Waals surface area contributed by atoms with Crippen LogP contribution in [0.5, 0.6) is 0 Å². The van der Waals surface area contributed by atoms with Gasteiger partial charge < -0.3 is 20.4 Å². The number of aliphatic hydroxyl groups is 1. The minimum absolute atomic E-state index is 0.0799. The van der Waals surface area contributed by atoms with Gasteiger partial charge in [-0.15, -0.1) is 0 Å². The van der Waals surface area contributed by atoms with Crippen LogP contribution >= 0.6 is 0 Å². The van der Waals surface area contributed by atoms with Crippen molar-refractivity contribution in [2.75, 3.05) is 13.2 Å². The highest BCUT2D eigenvalue weighted by molar-refractivity contribution is 5.96. The van der Waals surface area contributed by atoms with Crippen LogP contribution in [0, 0.1) is 28.6 Å². The Labute approximate surface area is 194 Å². The minimum atomic E-state index is -1.18. The van der Waals surface area contributed by atoms with Gasteiger partial charge in [-0.25, -0.2) is 0 Å². The molecule has 4 aliphatic carbocycles. The highest BCUT2D eigenvalue weighted by atomic mass is 16.6. The van der Waals surface area contributed by atoms with Crippen molar-refractivity contribution >= 4 is 23.4 Å². The first-order valence-electron chi connectivity index (χ1n) is 12.1. The van der Waals surface area contributed by atoms with Crippen molar-refractivity contribution in [3.05, 3.63) is 11.6 Å². The predicted molar refractivity (Wildman–Crippen MR) is 121 cm³/mol. The number of carboxylic acids is 1. The quantitative estimate of drug-likeness (QED) is 0.524. The van der Waals surface area contributed by atoms with Gasteiger partial charge >= 0.3 is 5.97 Å². The van der Waals surface area contributed by atoms with E-state index >= 15 is 0 Å². The topological polar surface area (TPSA) is 125 Å². The highest BCUT2D eigenvalue weighted by Crippen LogP contribution is 2.67. The maximum Gasteiger partial charge on any atom is 0.322 e. The van der Waals surface area contributed by atoms with E-state index in [-0.39, 0.29) is 23.2 Å². The molecular weight excluding hydrogens is 424 g/mol. The zero-order chi connectivity index (χ0) is 24.0. The monoisotopic (exact) mass is 460 g/mol. The van der Waals surface area contributed by atoms with E-state index in [2.05, 4.69) is 30.4 Å². The van der Waals surface area contributed by atoms with Crippen molar-refractivity contribution in [2.45, 2.75) is 77.7 Å². The first-order chi connectivity index (χ1) is 15.5. The van der Waals surface area contributed by atoms with Crippen molar-refractivity contribution < 1.29 is 29.4 Å². The summed E-state index contributed by atoms with van der Waals surface area (Å²) in [5, 5.41) is 26.3. The molecule has 0 spiro atoms. The molecule has 0 saturated heterocycles. The fraction of sp³-hybridized carbons (Fsp3) is 0.760. The summed E-state index contributed by atoms with van der Waals surface area (Å²) in [6, 6.07) is 0. The number of fused-ring (bicyclic) bond motifs is 5. The molecule has 8 heteroatoms. The number of carbonyl (C=O) groups is 3. The van der Waals surface area contributed by atoms with E-state index in [4.69, 9.17) is 9.94 Å². The summed E-state index contributed by atoms with van der Waals surface area (Å²) in [6.45, 7) is 5.31. The number of allylic oxidation sites excluding steroid dienone is 2. The summed E-state index contributed by atoms with van der Waals surface area (Å²) >= 11 is 0. The molecule has 1 amide bonds. The van der Waals surface area contributed by atoms with Crippen LogP contribution in [0.15, 0.2) is 16.8 Å². The van der Waals surface area contributed by atoms with Gasteiger partial charge in [-0.05, 0) is 87.5 Å². The second-order valence-corrected chi connectivity index (χ2v) is 10.9. The number of aliphatic carboxylic acids is 1. The molecule has 0 unspecified atom stereocenters. The summed E-state index contributed by atoms with van der Waals surface area (Å²) in [5.41, 5.74) is 0.781. The zero-order valence-corrected chi connectivity index (χ0v) is 19.9. The summed E-state index contributed by atoms with van der Waals surface area (Å²) in [7, 11) is 0. The number of nitrogens with one attached hydrogen (secondary N) is 1. The lowest BCUT2D eigenvalue weighted by atomic mass is 9.46. The standard InChI is InChI=1S/C25H36N2O6/c1-15(28)25(32)11-8-20-18-5-4-16-12-17(27-33-14-21(29)26-13-22(30)31)6-9-23(16,2)19(18)7-10-24(20,25)3/h12,18-20,32H,4-11,13-14H2,1-3H3,(H,26,29)(H,30,31)/b27-17-/t18-,19+,20+,23+,24+,25+/m1/s1. The Morgan fingerprint density at radius 1 is 1.12 bits per heavy atom. The Morgan fingerprint density at radius 2 is 1.85 bits per heavy atom. The van der Waals surface area contributed by atoms with Gasteiger partial charge in [-0.1, -0.05) is 24.6 Å². The van der Waals surface area contributed by atoms with Gasteiger partial charge in [0, 0.05) is 5.41 Å². The van der Waals surface area contributed by atoms with Gasteiger partial charge in [0.1, 0.15) is 12.1 Å². The van der Waals surface area contributed by atoms with Gasteiger partial charge in [0.2, 0.25) is 0 Å². The fourth-order valence-electron chi connectivity index (χ4n) is 7.64. The number of amides is 1. The predicted octanol–water partition coefficient (Wildman–Crippen LogP) is 2.84. The van der Waals surface area contributed by atoms with E-state index in [1.54, 1.807) is 6.92 Å². The largest absolute Gasteiger partial charge is 0.480 e. The van der Waals surface area contributed by atoms with E-state index in [0.29, 0.717) is 24.2 Å². The van der Waals surface area contributed by atoms with Crippen LogP contribution < -0.4 is 5.32 Å². The van der Waals surface area contributed by atoms with E-state index in [0.717, 1.165) is 50.7 Å². The summed E-state index contributed by atoms with van der Waals surface area (Å²) in [6.07, 6.45) is 9.30. The maximum atomic E-state index is 12.4. The molecule has 3 fully saturated rings. The van der Waals surface area contributed by atoms with E-state index in [1.165, 1.54) is 5.57 Å². The lowest BCUT2D eigenvalue weighted by Crippen LogP contribution is -2.57. The van der Waals surface area contributed by atoms with Crippen LogP contribution in [-0.2, 0) is 19.2 Å². The smallest absolute Gasteiger partial charge is 0.322 e. The van der Waals surface area contributed by atoms with E-state index < -0.39 is 24.0 Å². The van der Waals surface area contributed by atoms with Gasteiger partial charge in [-0.2, -0.15) is 0 Å². The third kappa shape index (κ3) is 3.90. The first kappa shape index (κ1) is 23.9. The van der Waals surface area contributed by atoms with Gasteiger partial charge in [0.05, 0.1) is 5.71 Å². The van der Waals surface area contributed by atoms with E-state index in [1.807, 2.05) is 0 Å². The second kappa shape index (κ2) is 8.53. The van der Waals surface area contributed by atoms with Gasteiger partial charge in [0.25, 0.3) is 5.91 Å². The second-order valence-electron chi connectivity index (χ2n) is 10.9. The Balaban J connectivity index is 1.45. The van der Waals surface area contributed by atoms with Crippen molar-refractivity contribution in [3.63, 3.8) is 0 Å². The number of hydrogen-bond acceptors (Lipinski definition) is 6. The third-order valence-electron chi connectivity index (χ3n) is 9.53. The molecule has 8 nitrogen and oxygen atoms in total. The molecule has 4 aliphatic rings. The van der Waals surface area contributed by atoms with Crippen LogP contribution in [0.2, 0.25) is 0 Å². The van der Waals surface area contributed by atoms with Crippen molar-refractivity contribution in [2.24, 2.45) is 33.7 Å². The van der Waals surface area contributed by atoms with Crippen LogP contribution in [0.1, 0.15) is 72.1 Å². The number of carbonyl (C=O) groups excluding carboxylic acids is 2. The lowest BCUT2D eigenvalue weighted by Gasteiger charge is -2.59. The van der Waals surface area contributed by atoms with Crippen LogP contribution in [0.4, 0.5) is 0 Å². The van der Waals surface area contributed by atoms with Gasteiger partial charge in [0.15, 0.2) is 12.4 Å². The molecule has 0 aromatic carbocycles. The number of oxime groups is 1.